The number of para-hydroxylation sites is 1. The number of anilines is 2. The number of hydrogen-bond acceptors (Lipinski definition) is 1. The molecule has 0 spiro atoms. The highest BCUT2D eigenvalue weighted by atomic mass is 28.3. The highest BCUT2D eigenvalue weighted by molar-refractivity contribution is 7.03. The van der Waals surface area contributed by atoms with Crippen LogP contribution in [0.5, 0.6) is 0 Å². The van der Waals surface area contributed by atoms with E-state index in [4.69, 9.17) is 0 Å². The fourth-order valence-corrected chi connectivity index (χ4v) is 10.8. The minimum Gasteiger partial charge on any atom is -0.318 e. The molecule has 0 saturated carbocycles. The van der Waals surface area contributed by atoms with E-state index in [1.807, 2.05) is 0 Å². The van der Waals surface area contributed by atoms with Gasteiger partial charge >= 0.3 is 0 Å². The van der Waals surface area contributed by atoms with Gasteiger partial charge in [0, 0.05) is 16.5 Å². The van der Waals surface area contributed by atoms with Gasteiger partial charge in [0.2, 0.25) is 0 Å². The number of fused-ring (bicyclic) bond motifs is 9. The van der Waals surface area contributed by atoms with Crippen LogP contribution in [-0.4, -0.2) is 12.6 Å². The smallest absolute Gasteiger partial charge is 0.117 e. The van der Waals surface area contributed by atoms with Crippen LogP contribution in [-0.2, 0) is 0 Å². The van der Waals surface area contributed by atoms with Crippen molar-refractivity contribution in [3.63, 3.8) is 0 Å². The molecule has 196 valence electrons. The van der Waals surface area contributed by atoms with Crippen LogP contribution in [0.1, 0.15) is 29.8 Å². The van der Waals surface area contributed by atoms with Gasteiger partial charge in [0.05, 0.1) is 16.7 Å². The lowest BCUT2D eigenvalue weighted by molar-refractivity contribution is 0.616. The van der Waals surface area contributed by atoms with E-state index in [2.05, 4.69) is 141 Å². The van der Waals surface area contributed by atoms with Crippen molar-refractivity contribution in [2.24, 2.45) is 0 Å². The Balaban J connectivity index is 1.77. The van der Waals surface area contributed by atoms with Crippen LogP contribution in [0.15, 0.2) is 91.0 Å². The molecule has 6 aromatic rings. The number of rotatable bonds is 0. The molecule has 0 saturated heterocycles. The van der Waals surface area contributed by atoms with Crippen LogP contribution >= 0.6 is 0 Å². The average molecular weight is 535 g/mol. The zero-order chi connectivity index (χ0) is 27.5. The van der Waals surface area contributed by atoms with Crippen molar-refractivity contribution in [2.45, 2.75) is 47.0 Å². The van der Waals surface area contributed by atoms with E-state index in [0.29, 0.717) is 0 Å². The fraction of sp³-hybridized carbons (Fsp3) is 0.189. The van der Waals surface area contributed by atoms with Crippen LogP contribution in [0.3, 0.4) is 0 Å². The third-order valence-corrected chi connectivity index (χ3v) is 13.4. The van der Waals surface area contributed by atoms with Gasteiger partial charge in [0.1, 0.15) is 14.2 Å². The first-order valence-corrected chi connectivity index (χ1v) is 17.5. The molecule has 0 fully saturated rings. The Bertz CT molecular complexity index is 2150. The lowest BCUT2D eigenvalue weighted by Crippen LogP contribution is -2.59. The van der Waals surface area contributed by atoms with Gasteiger partial charge in [-0.1, -0.05) is 104 Å². The molecule has 0 aliphatic carbocycles. The Hall–Kier alpha value is -4.08. The monoisotopic (exact) mass is 534 g/mol. The quantitative estimate of drug-likeness (QED) is 0.177. The first-order chi connectivity index (χ1) is 19.3. The van der Waals surface area contributed by atoms with Crippen LogP contribution in [0.2, 0.25) is 13.1 Å². The normalized spacial score (nSPS) is 16.6. The number of hydrogen-bond donors (Lipinski definition) is 0. The van der Waals surface area contributed by atoms with Crippen molar-refractivity contribution in [1.29, 1.82) is 0 Å². The molecule has 0 N–H and O–H groups in total. The van der Waals surface area contributed by atoms with E-state index < -0.39 is 8.07 Å². The van der Waals surface area contributed by atoms with Gasteiger partial charge in [-0.05, 0) is 76.3 Å². The number of benzene rings is 5. The highest BCUT2D eigenvalue weighted by Gasteiger charge is 2.44. The van der Waals surface area contributed by atoms with Crippen LogP contribution in [0, 0.1) is 20.8 Å². The summed E-state index contributed by atoms with van der Waals surface area (Å²) in [6.45, 7) is 14.4. The van der Waals surface area contributed by atoms with Crippen LogP contribution in [0.25, 0.3) is 43.4 Å². The Kier molecular flexibility index (Phi) is 4.75. The summed E-state index contributed by atoms with van der Waals surface area (Å²) in [4.78, 5) is 2.68. The molecular weight excluding hydrogens is 501 g/mol. The van der Waals surface area contributed by atoms with E-state index in [1.165, 1.54) is 71.4 Å². The molecule has 40 heavy (non-hydrogen) atoms. The molecule has 2 aliphatic rings. The third kappa shape index (κ3) is 2.83. The predicted molar refractivity (Wildman–Crippen MR) is 176 cm³/mol. The molecule has 3 heterocycles. The molecule has 1 atom stereocenters. The summed E-state index contributed by atoms with van der Waals surface area (Å²) in [5.74, 6) is 0. The molecule has 1 aromatic heterocycles. The SMILES string of the molecule is Cc1cccc2c1N1c3c(ccc4c5ccccc5c5ccccc5c5ccc(C)c(C)c5n(c34)[C@@H]1C)[Si]2(C)C. The molecule has 0 amide bonds. The maximum Gasteiger partial charge on any atom is 0.117 e. The summed E-state index contributed by atoms with van der Waals surface area (Å²) in [6, 6.07) is 34.6. The molecule has 5 aromatic carbocycles. The van der Waals surface area contributed by atoms with Crippen molar-refractivity contribution in [2.75, 3.05) is 4.90 Å². The van der Waals surface area contributed by atoms with Crippen molar-refractivity contribution < 1.29 is 0 Å². The largest absolute Gasteiger partial charge is 0.318 e. The number of aryl methyl sites for hydroxylation is 3. The van der Waals surface area contributed by atoms with Crippen molar-refractivity contribution >= 4 is 73.2 Å². The van der Waals surface area contributed by atoms with Gasteiger partial charge in [-0.25, -0.2) is 0 Å². The summed E-state index contributed by atoms with van der Waals surface area (Å²) in [5.41, 5.74) is 9.62. The van der Waals surface area contributed by atoms with Gasteiger partial charge in [-0.3, -0.25) is 0 Å². The molecule has 8 rings (SSSR count). The third-order valence-electron chi connectivity index (χ3n) is 9.87. The summed E-state index contributed by atoms with van der Waals surface area (Å²) in [6.07, 6.45) is 0.136. The Morgan fingerprint density at radius 3 is 1.73 bits per heavy atom. The lowest BCUT2D eigenvalue weighted by Gasteiger charge is -2.41. The number of aromatic nitrogens is 1. The molecular formula is C37H34N2Si. The second kappa shape index (κ2) is 7.99. The second-order valence-corrected chi connectivity index (χ2v) is 16.6. The Morgan fingerprint density at radius 1 is 0.525 bits per heavy atom. The van der Waals surface area contributed by atoms with Crippen molar-refractivity contribution in [1.82, 2.24) is 4.57 Å². The molecule has 0 bridgehead atoms. The topological polar surface area (TPSA) is 8.17 Å². The first-order valence-electron chi connectivity index (χ1n) is 14.5. The van der Waals surface area contributed by atoms with E-state index in [0.717, 1.165) is 0 Å². The first kappa shape index (κ1) is 23.8. The second-order valence-electron chi connectivity index (χ2n) is 12.3. The van der Waals surface area contributed by atoms with E-state index in [9.17, 15) is 0 Å². The maximum atomic E-state index is 2.69. The Labute approximate surface area is 236 Å². The predicted octanol–water partition coefficient (Wildman–Crippen LogP) is 8.96. The lowest BCUT2D eigenvalue weighted by atomic mass is 9.99. The minimum atomic E-state index is -1.95. The van der Waals surface area contributed by atoms with Crippen LogP contribution < -0.4 is 15.3 Å². The van der Waals surface area contributed by atoms with Crippen molar-refractivity contribution in [3.05, 3.63) is 108 Å². The molecule has 0 unspecified atom stereocenters. The summed E-state index contributed by atoms with van der Waals surface area (Å²) >= 11 is 0. The fourth-order valence-electron chi connectivity index (χ4n) is 7.74. The molecule has 3 heteroatoms. The van der Waals surface area contributed by atoms with Gasteiger partial charge in [-0.2, -0.15) is 0 Å². The van der Waals surface area contributed by atoms with Crippen LogP contribution in [0.4, 0.5) is 11.4 Å². The van der Waals surface area contributed by atoms with Gasteiger partial charge < -0.3 is 9.47 Å². The minimum absolute atomic E-state index is 0.136. The number of nitrogens with zero attached hydrogens (tertiary/aromatic N) is 2. The van der Waals surface area contributed by atoms with E-state index >= 15 is 0 Å². The summed E-state index contributed by atoms with van der Waals surface area (Å²) in [5, 5.41) is 10.9. The summed E-state index contributed by atoms with van der Waals surface area (Å²) < 4.78 is 2.69. The maximum absolute atomic E-state index is 2.69. The zero-order valence-corrected chi connectivity index (χ0v) is 25.1. The van der Waals surface area contributed by atoms with E-state index in [-0.39, 0.29) is 6.17 Å². The molecule has 2 aliphatic heterocycles. The average Bonchev–Trinajstić information content (AvgIpc) is 3.26. The van der Waals surface area contributed by atoms with Crippen molar-refractivity contribution in [3.8, 4) is 0 Å². The zero-order valence-electron chi connectivity index (χ0n) is 24.1. The standard InChI is InChI=1S/C37H34N2Si/c1-22-18-19-30-28-15-9-7-13-26(28)27-14-8-10-16-29(27)31-20-21-33-37-36(31)39(35(30)24(22)3)25(4)38(37)34-23(2)12-11-17-32(34)40(33,5)6/h7-21,25H,1-6H3/t25-/m1/s1. The summed E-state index contributed by atoms with van der Waals surface area (Å²) in [7, 11) is -1.95. The molecule has 0 radical (unpaired) electrons. The van der Waals surface area contributed by atoms with E-state index in [1.54, 1.807) is 10.4 Å². The van der Waals surface area contributed by atoms with Gasteiger partial charge in [0.15, 0.2) is 0 Å². The highest BCUT2D eigenvalue weighted by Crippen LogP contribution is 2.49. The molecule has 2 nitrogen and oxygen atoms in total. The Morgan fingerprint density at radius 2 is 1.07 bits per heavy atom. The van der Waals surface area contributed by atoms with Gasteiger partial charge in [0.25, 0.3) is 0 Å². The van der Waals surface area contributed by atoms with Gasteiger partial charge in [-0.15, -0.1) is 0 Å².